The van der Waals surface area contributed by atoms with Gasteiger partial charge in [0.2, 0.25) is 0 Å². The molecule has 0 aliphatic carbocycles. The van der Waals surface area contributed by atoms with Crippen LogP contribution in [0.4, 0.5) is 0 Å². The number of hydrogen-bond donors (Lipinski definition) is 2. The zero-order valence-electron chi connectivity index (χ0n) is 10.3. The third-order valence-electron chi connectivity index (χ3n) is 2.67. The topological polar surface area (TPSA) is 40.5 Å². The molecule has 0 radical (unpaired) electrons. The monoisotopic (exact) mass is 306 g/mol. The van der Waals surface area contributed by atoms with E-state index in [1.165, 1.54) is 0 Å². The maximum Gasteiger partial charge on any atom is 0.130 e. The number of phenols is 1. The number of rotatable bonds is 2. The second-order valence-corrected chi connectivity index (χ2v) is 5.68. The van der Waals surface area contributed by atoms with Crippen molar-refractivity contribution in [2.24, 2.45) is 0 Å². The Morgan fingerprint density at radius 3 is 2.39 bits per heavy atom. The molecule has 0 amide bonds. The molecule has 0 heterocycles. The van der Waals surface area contributed by atoms with Crippen LogP contribution >= 0.6 is 15.9 Å². The molecule has 2 aromatic carbocycles. The molecule has 0 aliphatic rings. The summed E-state index contributed by atoms with van der Waals surface area (Å²) in [5.41, 5.74) is -0.215. The van der Waals surface area contributed by atoms with Crippen molar-refractivity contribution in [3.8, 4) is 5.75 Å². The van der Waals surface area contributed by atoms with Crippen LogP contribution in [0.5, 0.6) is 5.75 Å². The van der Waals surface area contributed by atoms with Crippen molar-refractivity contribution < 1.29 is 10.2 Å². The molecule has 0 saturated heterocycles. The fourth-order valence-corrected chi connectivity index (χ4v) is 2.35. The van der Waals surface area contributed by atoms with Crippen molar-refractivity contribution in [1.82, 2.24) is 0 Å². The molecule has 0 aromatic heterocycles. The van der Waals surface area contributed by atoms with Gasteiger partial charge in [-0.05, 0) is 25.3 Å². The van der Waals surface area contributed by atoms with Crippen LogP contribution in [0, 0.1) is 0 Å². The first-order valence-electron chi connectivity index (χ1n) is 5.70. The van der Waals surface area contributed by atoms with Gasteiger partial charge < -0.3 is 10.2 Å². The molecule has 0 spiro atoms. The highest BCUT2D eigenvalue weighted by Crippen LogP contribution is 2.35. The van der Waals surface area contributed by atoms with E-state index in [2.05, 4.69) is 15.9 Å². The first kappa shape index (κ1) is 13.1. The van der Waals surface area contributed by atoms with Gasteiger partial charge in [0.1, 0.15) is 5.75 Å². The van der Waals surface area contributed by atoms with E-state index >= 15 is 0 Å². The maximum absolute atomic E-state index is 10.2. The summed E-state index contributed by atoms with van der Waals surface area (Å²) in [5.74, 6) is 0.231. The van der Waals surface area contributed by atoms with Gasteiger partial charge in [0.05, 0.1) is 5.60 Å². The van der Waals surface area contributed by atoms with Gasteiger partial charge in [0, 0.05) is 15.4 Å². The number of aromatic hydroxyl groups is 1. The van der Waals surface area contributed by atoms with E-state index in [0.29, 0.717) is 5.56 Å². The minimum atomic E-state index is -0.898. The lowest BCUT2D eigenvalue weighted by Gasteiger charge is -2.11. The maximum atomic E-state index is 10.2. The SMILES string of the molecule is CC(C)(O)/C=C/c1cc(Br)c2ccccc2c1O. The van der Waals surface area contributed by atoms with Crippen LogP contribution in [-0.2, 0) is 0 Å². The number of hydrogen-bond acceptors (Lipinski definition) is 2. The molecule has 2 N–H and O–H groups in total. The van der Waals surface area contributed by atoms with Crippen LogP contribution in [0.3, 0.4) is 0 Å². The molecule has 0 bridgehead atoms. The smallest absolute Gasteiger partial charge is 0.130 e. The number of phenolic OH excluding ortho intramolecular Hbond substituents is 1. The van der Waals surface area contributed by atoms with E-state index < -0.39 is 5.60 Å². The molecule has 2 rings (SSSR count). The van der Waals surface area contributed by atoms with E-state index in [1.807, 2.05) is 30.3 Å². The second kappa shape index (κ2) is 4.75. The summed E-state index contributed by atoms with van der Waals surface area (Å²) in [6.45, 7) is 3.38. The Kier molecular flexibility index (Phi) is 3.46. The van der Waals surface area contributed by atoms with E-state index in [1.54, 1.807) is 26.0 Å². The second-order valence-electron chi connectivity index (χ2n) is 4.83. The van der Waals surface area contributed by atoms with Crippen molar-refractivity contribution >= 4 is 32.8 Å². The molecule has 2 nitrogen and oxygen atoms in total. The van der Waals surface area contributed by atoms with Gasteiger partial charge in [-0.2, -0.15) is 0 Å². The number of benzene rings is 2. The normalized spacial score (nSPS) is 12.4. The van der Waals surface area contributed by atoms with Crippen molar-refractivity contribution in [2.45, 2.75) is 19.4 Å². The molecular weight excluding hydrogens is 292 g/mol. The Morgan fingerprint density at radius 2 is 1.78 bits per heavy atom. The molecule has 0 fully saturated rings. The third kappa shape index (κ3) is 2.74. The standard InChI is InChI=1S/C15H15BrO2/c1-15(2,18)8-7-10-9-13(16)11-5-3-4-6-12(11)14(10)17/h3-9,17-18H,1-2H3/b8-7+. The summed E-state index contributed by atoms with van der Waals surface area (Å²) in [7, 11) is 0. The predicted octanol–water partition coefficient (Wildman–Crippen LogP) is 4.09. The molecule has 0 saturated carbocycles. The van der Waals surface area contributed by atoms with Gasteiger partial charge in [-0.3, -0.25) is 0 Å². The number of halogens is 1. The zero-order valence-corrected chi connectivity index (χ0v) is 11.9. The fourth-order valence-electron chi connectivity index (χ4n) is 1.76. The molecule has 94 valence electrons. The van der Waals surface area contributed by atoms with Crippen LogP contribution in [0.1, 0.15) is 19.4 Å². The van der Waals surface area contributed by atoms with E-state index in [4.69, 9.17) is 0 Å². The lowest BCUT2D eigenvalue weighted by molar-refractivity contribution is 0.134. The van der Waals surface area contributed by atoms with Gasteiger partial charge in [-0.15, -0.1) is 0 Å². The van der Waals surface area contributed by atoms with Gasteiger partial charge >= 0.3 is 0 Å². The van der Waals surface area contributed by atoms with Crippen molar-refractivity contribution in [3.05, 3.63) is 46.4 Å². The first-order chi connectivity index (χ1) is 8.38. The average Bonchev–Trinajstić information content (AvgIpc) is 2.31. The summed E-state index contributed by atoms with van der Waals surface area (Å²) in [4.78, 5) is 0. The van der Waals surface area contributed by atoms with Crippen LogP contribution in [0.15, 0.2) is 40.9 Å². The van der Waals surface area contributed by atoms with Crippen molar-refractivity contribution in [3.63, 3.8) is 0 Å². The van der Waals surface area contributed by atoms with Crippen LogP contribution < -0.4 is 0 Å². The van der Waals surface area contributed by atoms with Crippen LogP contribution in [0.25, 0.3) is 16.8 Å². The van der Waals surface area contributed by atoms with E-state index in [-0.39, 0.29) is 5.75 Å². The highest BCUT2D eigenvalue weighted by atomic mass is 79.9. The highest BCUT2D eigenvalue weighted by molar-refractivity contribution is 9.10. The van der Waals surface area contributed by atoms with Gasteiger partial charge in [-0.1, -0.05) is 52.3 Å². The lowest BCUT2D eigenvalue weighted by atomic mass is 10.0. The van der Waals surface area contributed by atoms with Crippen LogP contribution in [-0.4, -0.2) is 15.8 Å². The molecule has 0 unspecified atom stereocenters. The fraction of sp³-hybridized carbons (Fsp3) is 0.200. The Labute approximate surface area is 115 Å². The third-order valence-corrected chi connectivity index (χ3v) is 3.32. The predicted molar refractivity (Wildman–Crippen MR) is 78.6 cm³/mol. The van der Waals surface area contributed by atoms with Crippen molar-refractivity contribution in [1.29, 1.82) is 0 Å². The van der Waals surface area contributed by atoms with E-state index in [0.717, 1.165) is 15.2 Å². The molecule has 0 atom stereocenters. The molecule has 3 heteroatoms. The Balaban J connectivity index is 2.60. The largest absolute Gasteiger partial charge is 0.507 e. The Bertz CT molecular complexity index is 610. The quantitative estimate of drug-likeness (QED) is 0.877. The number of fused-ring (bicyclic) bond motifs is 1. The number of aliphatic hydroxyl groups is 1. The summed E-state index contributed by atoms with van der Waals surface area (Å²) in [5, 5.41) is 21.7. The molecule has 2 aromatic rings. The average molecular weight is 307 g/mol. The Morgan fingerprint density at radius 1 is 1.17 bits per heavy atom. The summed E-state index contributed by atoms with van der Waals surface area (Å²) < 4.78 is 0.922. The summed E-state index contributed by atoms with van der Waals surface area (Å²) in [6.07, 6.45) is 3.38. The summed E-state index contributed by atoms with van der Waals surface area (Å²) >= 11 is 3.49. The molecule has 18 heavy (non-hydrogen) atoms. The summed E-state index contributed by atoms with van der Waals surface area (Å²) in [6, 6.07) is 9.48. The lowest BCUT2D eigenvalue weighted by Crippen LogP contribution is -2.13. The minimum absolute atomic E-state index is 0.231. The van der Waals surface area contributed by atoms with E-state index in [9.17, 15) is 10.2 Å². The van der Waals surface area contributed by atoms with Crippen LogP contribution in [0.2, 0.25) is 0 Å². The minimum Gasteiger partial charge on any atom is -0.507 e. The molecule has 0 aliphatic heterocycles. The van der Waals surface area contributed by atoms with Gasteiger partial charge in [-0.25, -0.2) is 0 Å². The van der Waals surface area contributed by atoms with Gasteiger partial charge in [0.25, 0.3) is 0 Å². The highest BCUT2D eigenvalue weighted by Gasteiger charge is 2.10. The van der Waals surface area contributed by atoms with Crippen molar-refractivity contribution in [2.75, 3.05) is 0 Å². The molecular formula is C15H15BrO2. The first-order valence-corrected chi connectivity index (χ1v) is 6.49. The zero-order chi connectivity index (χ0) is 13.3. The Hall–Kier alpha value is -1.32. The van der Waals surface area contributed by atoms with Gasteiger partial charge in [0.15, 0.2) is 0 Å².